The highest BCUT2D eigenvalue weighted by Gasteiger charge is 2.23. The average Bonchev–Trinajstić information content (AvgIpc) is 2.80. The third-order valence-electron chi connectivity index (χ3n) is 6.14. The predicted molar refractivity (Wildman–Crippen MR) is 128 cm³/mol. The molecule has 1 fully saturated rings. The molecule has 1 N–H and O–H groups in total. The number of nitrogens with zero attached hydrogens (tertiary/aromatic N) is 2. The second-order valence-corrected chi connectivity index (χ2v) is 8.74. The number of ether oxygens (including phenoxy) is 1. The number of phenolic OH excluding ortho intramolecular Hbond substituents is 1. The van der Waals surface area contributed by atoms with E-state index in [2.05, 4.69) is 9.80 Å². The lowest BCUT2D eigenvalue weighted by Crippen LogP contribution is -2.46. The molecule has 1 saturated heterocycles. The van der Waals surface area contributed by atoms with E-state index in [1.54, 1.807) is 6.07 Å². The quantitative estimate of drug-likeness (QED) is 0.432. The van der Waals surface area contributed by atoms with E-state index in [4.69, 9.17) is 20.8 Å². The topological polar surface area (TPSA) is 83.2 Å². The Morgan fingerprint density at radius 2 is 1.94 bits per heavy atom. The summed E-state index contributed by atoms with van der Waals surface area (Å²) < 4.78 is 10.3. The Labute approximate surface area is 197 Å². The molecule has 2 aromatic carbocycles. The van der Waals surface area contributed by atoms with Crippen LogP contribution >= 0.6 is 11.6 Å². The molecule has 7 nitrogen and oxygen atoms in total. The molecule has 1 aliphatic heterocycles. The van der Waals surface area contributed by atoms with Gasteiger partial charge >= 0.3 is 11.6 Å². The van der Waals surface area contributed by atoms with Crippen molar-refractivity contribution in [2.24, 2.45) is 0 Å². The Balaban J connectivity index is 1.60. The van der Waals surface area contributed by atoms with Gasteiger partial charge in [-0.1, -0.05) is 17.7 Å². The van der Waals surface area contributed by atoms with Crippen LogP contribution in [0.4, 0.5) is 5.69 Å². The van der Waals surface area contributed by atoms with Crippen molar-refractivity contribution in [1.82, 2.24) is 4.90 Å². The first-order chi connectivity index (χ1) is 15.9. The lowest BCUT2D eigenvalue weighted by Gasteiger charge is -2.36. The van der Waals surface area contributed by atoms with Crippen LogP contribution in [0.3, 0.4) is 0 Å². The van der Waals surface area contributed by atoms with Crippen molar-refractivity contribution in [2.45, 2.75) is 26.3 Å². The van der Waals surface area contributed by atoms with Gasteiger partial charge in [0.05, 0.1) is 12.7 Å². The number of esters is 1. The predicted octanol–water partition coefficient (Wildman–Crippen LogP) is 3.89. The van der Waals surface area contributed by atoms with E-state index >= 15 is 0 Å². The number of piperazine rings is 1. The second-order valence-electron chi connectivity index (χ2n) is 8.31. The van der Waals surface area contributed by atoms with Crippen LogP contribution in [-0.4, -0.2) is 49.3 Å². The average molecular weight is 471 g/mol. The Morgan fingerprint density at radius 3 is 2.64 bits per heavy atom. The Bertz CT molecular complexity index is 1230. The summed E-state index contributed by atoms with van der Waals surface area (Å²) in [6, 6.07) is 11.0. The molecule has 0 bridgehead atoms. The number of aryl methyl sites for hydroxylation is 2. The maximum absolute atomic E-state index is 12.1. The van der Waals surface area contributed by atoms with Crippen molar-refractivity contribution in [3.8, 4) is 5.75 Å². The number of benzene rings is 2. The molecule has 0 atom stereocenters. The van der Waals surface area contributed by atoms with Gasteiger partial charge < -0.3 is 19.2 Å². The van der Waals surface area contributed by atoms with E-state index in [0.717, 1.165) is 42.8 Å². The molecule has 1 aliphatic rings. The van der Waals surface area contributed by atoms with E-state index in [1.165, 1.54) is 13.2 Å². The minimum atomic E-state index is -0.450. The third kappa shape index (κ3) is 5.15. The summed E-state index contributed by atoms with van der Waals surface area (Å²) in [5.41, 5.74) is 3.02. The fourth-order valence-corrected chi connectivity index (χ4v) is 4.49. The molecule has 0 spiro atoms. The van der Waals surface area contributed by atoms with Crippen molar-refractivity contribution in [1.29, 1.82) is 0 Å². The Hall–Kier alpha value is -3.03. The molecule has 2 heterocycles. The minimum absolute atomic E-state index is 0.0671. The molecule has 1 aromatic heterocycles. The summed E-state index contributed by atoms with van der Waals surface area (Å²) in [6.45, 7) is 5.44. The van der Waals surface area contributed by atoms with Gasteiger partial charge in [-0.15, -0.1) is 0 Å². The molecule has 3 aromatic rings. The number of aromatic hydroxyl groups is 1. The summed E-state index contributed by atoms with van der Waals surface area (Å²) in [5, 5.41) is 12.6. The standard InChI is InChI=1S/C25H27ClN2O5/c1-16-12-23(30)33-25-20(16)13-17(6-7-22(29)32-2)24(31)21(25)15-27-8-10-28(11-9-27)19-5-3-4-18(26)14-19/h3-5,12-14,31H,6-11,15H2,1-2H3. The molecule has 174 valence electrons. The van der Waals surface area contributed by atoms with Crippen molar-refractivity contribution >= 4 is 34.2 Å². The van der Waals surface area contributed by atoms with Crippen LogP contribution in [0.2, 0.25) is 5.02 Å². The highest BCUT2D eigenvalue weighted by atomic mass is 35.5. The molecule has 0 radical (unpaired) electrons. The van der Waals surface area contributed by atoms with Gasteiger partial charge in [0, 0.05) is 61.3 Å². The lowest BCUT2D eigenvalue weighted by atomic mass is 9.98. The number of anilines is 1. The van der Waals surface area contributed by atoms with Crippen molar-refractivity contribution in [3.05, 3.63) is 68.5 Å². The zero-order valence-electron chi connectivity index (χ0n) is 18.8. The van der Waals surface area contributed by atoms with Crippen LogP contribution in [0.1, 0.15) is 23.1 Å². The second kappa shape index (κ2) is 9.85. The maximum atomic E-state index is 12.1. The number of hydrogen-bond acceptors (Lipinski definition) is 7. The van der Waals surface area contributed by atoms with Gasteiger partial charge in [0.15, 0.2) is 0 Å². The number of hydrogen-bond donors (Lipinski definition) is 1. The zero-order valence-corrected chi connectivity index (χ0v) is 19.5. The van der Waals surface area contributed by atoms with Crippen molar-refractivity contribution in [2.75, 3.05) is 38.2 Å². The number of carbonyl (C=O) groups excluding carboxylic acids is 1. The van der Waals surface area contributed by atoms with E-state index in [-0.39, 0.29) is 18.1 Å². The summed E-state index contributed by atoms with van der Waals surface area (Å²) in [4.78, 5) is 28.2. The van der Waals surface area contributed by atoms with Gasteiger partial charge in [-0.05, 0) is 48.7 Å². The molecule has 4 rings (SSSR count). The van der Waals surface area contributed by atoms with Crippen LogP contribution in [0.5, 0.6) is 5.75 Å². The van der Waals surface area contributed by atoms with Crippen LogP contribution in [0.15, 0.2) is 45.6 Å². The van der Waals surface area contributed by atoms with Gasteiger partial charge in [-0.3, -0.25) is 9.69 Å². The van der Waals surface area contributed by atoms with E-state index in [1.807, 2.05) is 31.2 Å². The molecule has 0 aliphatic carbocycles. The van der Waals surface area contributed by atoms with Crippen LogP contribution in [-0.2, 0) is 22.5 Å². The van der Waals surface area contributed by atoms with Gasteiger partial charge in [-0.25, -0.2) is 4.79 Å². The Morgan fingerprint density at radius 1 is 1.18 bits per heavy atom. The number of halogens is 1. The van der Waals surface area contributed by atoms with Gasteiger partial charge in [-0.2, -0.15) is 0 Å². The summed E-state index contributed by atoms with van der Waals surface area (Å²) in [5.74, 6) is -0.276. The first-order valence-corrected chi connectivity index (χ1v) is 11.3. The molecule has 33 heavy (non-hydrogen) atoms. The summed E-state index contributed by atoms with van der Waals surface area (Å²) in [6.07, 6.45) is 0.492. The summed E-state index contributed by atoms with van der Waals surface area (Å²) in [7, 11) is 1.34. The van der Waals surface area contributed by atoms with Crippen LogP contribution in [0, 0.1) is 6.92 Å². The number of fused-ring (bicyclic) bond motifs is 1. The highest BCUT2D eigenvalue weighted by molar-refractivity contribution is 6.30. The fourth-order valence-electron chi connectivity index (χ4n) is 4.30. The van der Waals surface area contributed by atoms with Crippen LogP contribution < -0.4 is 10.5 Å². The molecule has 0 amide bonds. The van der Waals surface area contributed by atoms with Crippen molar-refractivity contribution < 1.29 is 19.1 Å². The SMILES string of the molecule is COC(=O)CCc1cc2c(C)cc(=O)oc2c(CN2CCN(c3cccc(Cl)c3)CC2)c1O. The largest absolute Gasteiger partial charge is 0.507 e. The van der Waals surface area contributed by atoms with Crippen LogP contribution in [0.25, 0.3) is 11.0 Å². The molecule has 0 saturated carbocycles. The van der Waals surface area contributed by atoms with Gasteiger partial charge in [0.25, 0.3) is 0 Å². The van der Waals surface area contributed by atoms with E-state index < -0.39 is 5.63 Å². The van der Waals surface area contributed by atoms with E-state index in [0.29, 0.717) is 34.7 Å². The first kappa shape index (κ1) is 23.1. The Kier molecular flexibility index (Phi) is 6.91. The maximum Gasteiger partial charge on any atom is 0.336 e. The monoisotopic (exact) mass is 470 g/mol. The van der Waals surface area contributed by atoms with Gasteiger partial charge in [0.2, 0.25) is 0 Å². The molecule has 0 unspecified atom stereocenters. The zero-order chi connectivity index (χ0) is 23.5. The minimum Gasteiger partial charge on any atom is -0.507 e. The highest BCUT2D eigenvalue weighted by Crippen LogP contribution is 2.34. The molecule has 8 heteroatoms. The smallest absolute Gasteiger partial charge is 0.336 e. The molecular formula is C25H27ClN2O5. The van der Waals surface area contributed by atoms with Crippen molar-refractivity contribution in [3.63, 3.8) is 0 Å². The van der Waals surface area contributed by atoms with Gasteiger partial charge in [0.1, 0.15) is 11.3 Å². The number of rotatable bonds is 6. The fraction of sp³-hybridized carbons (Fsp3) is 0.360. The number of methoxy groups -OCH3 is 1. The first-order valence-electron chi connectivity index (χ1n) is 10.9. The number of carbonyl (C=O) groups is 1. The third-order valence-corrected chi connectivity index (χ3v) is 6.38. The molecular weight excluding hydrogens is 444 g/mol. The number of phenols is 1. The van der Waals surface area contributed by atoms with E-state index in [9.17, 15) is 14.7 Å². The lowest BCUT2D eigenvalue weighted by molar-refractivity contribution is -0.140. The normalized spacial score (nSPS) is 14.6. The summed E-state index contributed by atoms with van der Waals surface area (Å²) >= 11 is 6.14.